The predicted molar refractivity (Wildman–Crippen MR) is 114 cm³/mol. The maximum Gasteiger partial charge on any atom is 0.0949 e. The lowest BCUT2D eigenvalue weighted by Crippen LogP contribution is -2.11. The van der Waals surface area contributed by atoms with Crippen LogP contribution >= 0.6 is 35.3 Å². The second kappa shape index (κ2) is 6.85. The quantitative estimate of drug-likeness (QED) is 0.504. The average molecular weight is 382 g/mol. The van der Waals surface area contributed by atoms with Crippen LogP contribution in [0.15, 0.2) is 39.2 Å². The van der Waals surface area contributed by atoms with Gasteiger partial charge in [-0.15, -0.1) is 35.3 Å². The molecule has 0 saturated heterocycles. The molecular formula is C20H31NS3. The molecule has 0 N–H and O–H groups in total. The molecular weight excluding hydrogens is 350 g/mol. The van der Waals surface area contributed by atoms with Crippen LogP contribution < -0.4 is 0 Å². The van der Waals surface area contributed by atoms with Crippen LogP contribution in [-0.4, -0.2) is 18.6 Å². The Hall–Kier alpha value is -0.190. The van der Waals surface area contributed by atoms with Crippen LogP contribution in [0, 0.1) is 0 Å². The molecule has 2 heterocycles. The van der Waals surface area contributed by atoms with Gasteiger partial charge < -0.3 is 4.40 Å². The van der Waals surface area contributed by atoms with Crippen LogP contribution in [0.5, 0.6) is 0 Å². The number of aromatic nitrogens is 1. The van der Waals surface area contributed by atoms with E-state index in [0.717, 1.165) is 0 Å². The van der Waals surface area contributed by atoms with Gasteiger partial charge in [0, 0.05) is 25.3 Å². The Morgan fingerprint density at radius 2 is 1.17 bits per heavy atom. The van der Waals surface area contributed by atoms with Gasteiger partial charge in [-0.25, -0.2) is 0 Å². The van der Waals surface area contributed by atoms with Crippen LogP contribution in [0.3, 0.4) is 0 Å². The first-order chi connectivity index (χ1) is 10.8. The molecule has 0 saturated carbocycles. The number of pyridine rings is 1. The van der Waals surface area contributed by atoms with Gasteiger partial charge in [0.1, 0.15) is 0 Å². The molecule has 24 heavy (non-hydrogen) atoms. The number of hydrogen-bond acceptors (Lipinski definition) is 3. The molecule has 4 heteroatoms. The topological polar surface area (TPSA) is 4.41 Å². The van der Waals surface area contributed by atoms with Crippen molar-refractivity contribution in [3.63, 3.8) is 0 Å². The molecule has 2 aromatic rings. The zero-order chi connectivity index (χ0) is 18.3. The van der Waals surface area contributed by atoms with E-state index in [1.54, 1.807) is 0 Å². The number of thioether (sulfide) groups is 3. The fourth-order valence-electron chi connectivity index (χ4n) is 2.31. The third-order valence-corrected chi connectivity index (χ3v) is 6.84. The fraction of sp³-hybridized carbons (Fsp3) is 0.600. The normalized spacial score (nSPS) is 13.7. The molecule has 134 valence electrons. The summed E-state index contributed by atoms with van der Waals surface area (Å²) in [5.41, 5.74) is 1.33. The van der Waals surface area contributed by atoms with Crippen molar-refractivity contribution in [2.45, 2.75) is 91.4 Å². The highest BCUT2D eigenvalue weighted by Gasteiger charge is 2.29. The minimum Gasteiger partial charge on any atom is -0.310 e. The Balaban J connectivity index is 2.73. The molecule has 1 nitrogen and oxygen atoms in total. The molecule has 0 aromatic carbocycles. The molecule has 0 bridgehead atoms. The summed E-state index contributed by atoms with van der Waals surface area (Å²) in [7, 11) is 0. The Bertz CT molecular complexity index is 656. The summed E-state index contributed by atoms with van der Waals surface area (Å²) in [6.45, 7) is 20.7. The Labute approximate surface area is 160 Å². The van der Waals surface area contributed by atoms with Crippen molar-refractivity contribution in [2.24, 2.45) is 0 Å². The molecule has 2 aromatic heterocycles. The fourth-order valence-corrected chi connectivity index (χ4v) is 5.98. The van der Waals surface area contributed by atoms with E-state index in [9.17, 15) is 0 Å². The number of rotatable bonds is 3. The van der Waals surface area contributed by atoms with Crippen molar-refractivity contribution >= 4 is 40.8 Å². The Morgan fingerprint density at radius 1 is 0.667 bits per heavy atom. The highest BCUT2D eigenvalue weighted by Crippen LogP contribution is 2.51. The van der Waals surface area contributed by atoms with Gasteiger partial charge in [0.25, 0.3) is 0 Å². The predicted octanol–water partition coefficient (Wildman–Crippen LogP) is 7.61. The average Bonchev–Trinajstić information content (AvgIpc) is 2.60. The van der Waals surface area contributed by atoms with Crippen LogP contribution in [0.4, 0.5) is 0 Å². The van der Waals surface area contributed by atoms with E-state index in [2.05, 4.69) is 91.1 Å². The monoisotopic (exact) mass is 381 g/mol. The standard InChI is InChI=1S/C20H31NS3/c1-18(2,3)22-15-14-12-10-11-13-21(14)17(24-20(7,8)9)16(15)23-19(4,5)6/h10-13H,1-9H3. The van der Waals surface area contributed by atoms with Gasteiger partial charge in [-0.3, -0.25) is 0 Å². The molecule has 0 aliphatic carbocycles. The lowest BCUT2D eigenvalue weighted by Gasteiger charge is -2.24. The van der Waals surface area contributed by atoms with Gasteiger partial charge in [-0.2, -0.15) is 0 Å². The van der Waals surface area contributed by atoms with E-state index in [1.165, 1.54) is 20.3 Å². The van der Waals surface area contributed by atoms with Gasteiger partial charge in [-0.1, -0.05) is 68.4 Å². The van der Waals surface area contributed by atoms with Gasteiger partial charge >= 0.3 is 0 Å². The van der Waals surface area contributed by atoms with Gasteiger partial charge in [0.15, 0.2) is 0 Å². The van der Waals surface area contributed by atoms with Crippen LogP contribution in [0.2, 0.25) is 0 Å². The number of hydrogen-bond donors (Lipinski definition) is 0. The lowest BCUT2D eigenvalue weighted by molar-refractivity contribution is 0.784. The largest absolute Gasteiger partial charge is 0.310 e. The van der Waals surface area contributed by atoms with Crippen molar-refractivity contribution < 1.29 is 0 Å². The second-order valence-corrected chi connectivity index (χ2v) is 14.6. The molecule has 2 rings (SSSR count). The van der Waals surface area contributed by atoms with Crippen molar-refractivity contribution in [3.8, 4) is 0 Å². The SMILES string of the molecule is CC(C)(C)Sc1c(SC(C)(C)C)c2ccccn2c1SC(C)(C)C. The number of fused-ring (bicyclic) bond motifs is 1. The van der Waals surface area contributed by atoms with Crippen LogP contribution in [0.1, 0.15) is 62.3 Å². The summed E-state index contributed by atoms with van der Waals surface area (Å²) < 4.78 is 2.94. The molecule has 0 amide bonds. The third-order valence-electron chi connectivity index (χ3n) is 2.93. The zero-order valence-electron chi connectivity index (χ0n) is 16.5. The summed E-state index contributed by atoms with van der Waals surface area (Å²) >= 11 is 5.96. The van der Waals surface area contributed by atoms with E-state index < -0.39 is 0 Å². The third kappa shape index (κ3) is 5.40. The number of nitrogens with zero attached hydrogens (tertiary/aromatic N) is 1. The van der Waals surface area contributed by atoms with E-state index in [1.807, 2.05) is 35.3 Å². The van der Waals surface area contributed by atoms with Crippen LogP contribution in [0.25, 0.3) is 5.52 Å². The molecule has 0 unspecified atom stereocenters. The summed E-state index contributed by atoms with van der Waals surface area (Å²) in [5, 5.41) is 1.38. The molecule has 0 fully saturated rings. The second-order valence-electron chi connectivity index (χ2n) is 9.06. The first-order valence-electron chi connectivity index (χ1n) is 8.47. The first kappa shape index (κ1) is 20.1. The minimum absolute atomic E-state index is 0.182. The van der Waals surface area contributed by atoms with Gasteiger partial charge in [-0.05, 0) is 12.1 Å². The maximum absolute atomic E-state index is 2.39. The molecule has 0 aliphatic heterocycles. The highest BCUT2D eigenvalue weighted by molar-refractivity contribution is 8.05. The molecule has 0 radical (unpaired) electrons. The van der Waals surface area contributed by atoms with E-state index in [4.69, 9.17) is 0 Å². The first-order valence-corrected chi connectivity index (χ1v) is 10.9. The zero-order valence-corrected chi connectivity index (χ0v) is 18.9. The van der Waals surface area contributed by atoms with Crippen LogP contribution in [-0.2, 0) is 0 Å². The summed E-state index contributed by atoms with van der Waals surface area (Å²) in [6.07, 6.45) is 2.21. The van der Waals surface area contributed by atoms with Crippen molar-refractivity contribution in [1.29, 1.82) is 0 Å². The van der Waals surface area contributed by atoms with E-state index in [0.29, 0.717) is 0 Å². The maximum atomic E-state index is 2.39. The molecule has 0 aliphatic rings. The molecule has 0 spiro atoms. The summed E-state index contributed by atoms with van der Waals surface area (Å²) in [5.74, 6) is 0. The Morgan fingerprint density at radius 3 is 1.67 bits per heavy atom. The minimum atomic E-state index is 0.182. The van der Waals surface area contributed by atoms with E-state index in [-0.39, 0.29) is 14.2 Å². The lowest BCUT2D eigenvalue weighted by atomic mass is 10.3. The van der Waals surface area contributed by atoms with Gasteiger partial charge in [0.2, 0.25) is 0 Å². The van der Waals surface area contributed by atoms with Crippen molar-refractivity contribution in [3.05, 3.63) is 24.4 Å². The molecule has 0 atom stereocenters. The Kier molecular flexibility index (Phi) is 5.74. The smallest absolute Gasteiger partial charge is 0.0949 e. The van der Waals surface area contributed by atoms with Gasteiger partial charge in [0.05, 0.1) is 15.4 Å². The van der Waals surface area contributed by atoms with Crippen molar-refractivity contribution in [2.75, 3.05) is 0 Å². The summed E-state index contributed by atoms with van der Waals surface area (Å²) in [4.78, 5) is 2.86. The highest BCUT2D eigenvalue weighted by atomic mass is 32.2. The van der Waals surface area contributed by atoms with E-state index >= 15 is 0 Å². The van der Waals surface area contributed by atoms with Crippen molar-refractivity contribution in [1.82, 2.24) is 4.40 Å². The summed E-state index contributed by atoms with van der Waals surface area (Å²) in [6, 6.07) is 6.55.